The van der Waals surface area contributed by atoms with E-state index in [1.54, 1.807) is 0 Å². The summed E-state index contributed by atoms with van der Waals surface area (Å²) in [6.45, 7) is 4.44. The highest BCUT2D eigenvalue weighted by Crippen LogP contribution is 2.10. The molecule has 0 saturated carbocycles. The largest absolute Gasteiger partial charge is 0.460 e. The van der Waals surface area contributed by atoms with Crippen molar-refractivity contribution in [1.29, 1.82) is 0 Å². The summed E-state index contributed by atoms with van der Waals surface area (Å²) in [4.78, 5) is 25.2. The average molecular weight is 398 g/mol. The second-order valence-corrected chi connectivity index (χ2v) is 7.04. The molecule has 0 bridgehead atoms. The van der Waals surface area contributed by atoms with Crippen LogP contribution in [0.4, 0.5) is 0 Å². The lowest BCUT2D eigenvalue weighted by Crippen LogP contribution is -2.48. The first-order valence-corrected chi connectivity index (χ1v) is 10.3. The Bertz CT molecular complexity index is 670. The summed E-state index contributed by atoms with van der Waals surface area (Å²) < 4.78 is 11.0. The highest BCUT2D eigenvalue weighted by atomic mass is 16.5. The van der Waals surface area contributed by atoms with Gasteiger partial charge in [0.2, 0.25) is 0 Å². The van der Waals surface area contributed by atoms with E-state index in [1.807, 2.05) is 74.5 Å². The minimum absolute atomic E-state index is 0.221. The standard InChI is InChI=1S/C24H31NO4/c1-3-11-21(23(26)28-17-19-13-7-5-8-14-19)25-22(12-4-2)24(27)29-18-20-15-9-6-10-16-20/h5-10,13-16,21-22,25H,3-4,11-12,17-18H2,1-2H3. The third-order valence-corrected chi connectivity index (χ3v) is 4.57. The van der Waals surface area contributed by atoms with E-state index in [0.717, 1.165) is 24.0 Å². The third-order valence-electron chi connectivity index (χ3n) is 4.57. The number of hydrogen-bond acceptors (Lipinski definition) is 5. The van der Waals surface area contributed by atoms with Crippen LogP contribution in [0.15, 0.2) is 60.7 Å². The van der Waals surface area contributed by atoms with Gasteiger partial charge in [0.25, 0.3) is 0 Å². The van der Waals surface area contributed by atoms with E-state index < -0.39 is 12.1 Å². The van der Waals surface area contributed by atoms with Gasteiger partial charge in [-0.15, -0.1) is 0 Å². The zero-order chi connectivity index (χ0) is 20.9. The molecule has 5 heteroatoms. The smallest absolute Gasteiger partial charge is 0.323 e. The van der Waals surface area contributed by atoms with Gasteiger partial charge in [-0.1, -0.05) is 87.4 Å². The minimum atomic E-state index is -0.537. The Kier molecular flexibility index (Phi) is 9.93. The van der Waals surface area contributed by atoms with Crippen LogP contribution >= 0.6 is 0 Å². The van der Waals surface area contributed by atoms with Gasteiger partial charge in [-0.2, -0.15) is 0 Å². The molecule has 2 unspecified atom stereocenters. The van der Waals surface area contributed by atoms with E-state index in [-0.39, 0.29) is 25.2 Å². The Morgan fingerprint density at radius 1 is 0.724 bits per heavy atom. The summed E-state index contributed by atoms with van der Waals surface area (Å²) in [5, 5.41) is 3.18. The summed E-state index contributed by atoms with van der Waals surface area (Å²) in [5.41, 5.74) is 1.87. The van der Waals surface area contributed by atoms with Crippen LogP contribution in [0.3, 0.4) is 0 Å². The number of carbonyl (C=O) groups excluding carboxylic acids is 2. The molecule has 0 aromatic heterocycles. The van der Waals surface area contributed by atoms with Crippen molar-refractivity contribution >= 4 is 11.9 Å². The fourth-order valence-corrected chi connectivity index (χ4v) is 3.02. The van der Waals surface area contributed by atoms with E-state index in [9.17, 15) is 9.59 Å². The van der Waals surface area contributed by atoms with Gasteiger partial charge in [-0.05, 0) is 24.0 Å². The van der Waals surface area contributed by atoms with Crippen LogP contribution in [0.25, 0.3) is 0 Å². The number of rotatable bonds is 12. The second-order valence-electron chi connectivity index (χ2n) is 7.04. The normalized spacial score (nSPS) is 12.8. The van der Waals surface area contributed by atoms with Crippen LogP contribution in [0.1, 0.15) is 50.7 Å². The third kappa shape index (κ3) is 8.08. The lowest BCUT2D eigenvalue weighted by atomic mass is 10.1. The molecule has 2 rings (SSSR count). The van der Waals surface area contributed by atoms with Crippen molar-refractivity contribution in [1.82, 2.24) is 5.32 Å². The first kappa shape index (κ1) is 22.6. The Labute approximate surface area is 173 Å². The predicted octanol–water partition coefficient (Wildman–Crippen LogP) is 4.40. The maximum absolute atomic E-state index is 12.6. The number of ether oxygens (including phenoxy) is 2. The van der Waals surface area contributed by atoms with Crippen molar-refractivity contribution in [3.63, 3.8) is 0 Å². The molecule has 0 aliphatic heterocycles. The van der Waals surface area contributed by atoms with Gasteiger partial charge in [0.1, 0.15) is 25.3 Å². The molecule has 0 fully saturated rings. The van der Waals surface area contributed by atoms with Crippen molar-refractivity contribution in [2.45, 2.75) is 64.8 Å². The van der Waals surface area contributed by atoms with Crippen LogP contribution < -0.4 is 5.32 Å². The number of benzene rings is 2. The van der Waals surface area contributed by atoms with E-state index in [2.05, 4.69) is 5.32 Å². The fourth-order valence-electron chi connectivity index (χ4n) is 3.02. The predicted molar refractivity (Wildman–Crippen MR) is 113 cm³/mol. The summed E-state index contributed by atoms with van der Waals surface area (Å²) in [6, 6.07) is 18.0. The Morgan fingerprint density at radius 3 is 1.45 bits per heavy atom. The van der Waals surface area contributed by atoms with Crippen LogP contribution in [0.5, 0.6) is 0 Å². The molecule has 0 radical (unpaired) electrons. The monoisotopic (exact) mass is 397 g/mol. The van der Waals surface area contributed by atoms with Crippen LogP contribution in [-0.2, 0) is 32.3 Å². The lowest BCUT2D eigenvalue weighted by Gasteiger charge is -2.23. The molecule has 2 atom stereocenters. The molecule has 5 nitrogen and oxygen atoms in total. The lowest BCUT2D eigenvalue weighted by molar-refractivity contribution is -0.151. The number of nitrogens with one attached hydrogen (secondary N) is 1. The molecule has 0 spiro atoms. The Hall–Kier alpha value is -2.66. The highest BCUT2D eigenvalue weighted by Gasteiger charge is 2.27. The van der Waals surface area contributed by atoms with E-state index in [4.69, 9.17) is 9.47 Å². The van der Waals surface area contributed by atoms with Gasteiger partial charge in [0, 0.05) is 0 Å². The van der Waals surface area contributed by atoms with Crippen LogP contribution in [0.2, 0.25) is 0 Å². The van der Waals surface area contributed by atoms with E-state index >= 15 is 0 Å². The van der Waals surface area contributed by atoms with Crippen molar-refractivity contribution in [2.24, 2.45) is 0 Å². The van der Waals surface area contributed by atoms with Crippen molar-refractivity contribution in [3.8, 4) is 0 Å². The van der Waals surface area contributed by atoms with Gasteiger partial charge in [-0.3, -0.25) is 14.9 Å². The first-order valence-electron chi connectivity index (χ1n) is 10.3. The molecular weight excluding hydrogens is 366 g/mol. The van der Waals surface area contributed by atoms with Gasteiger partial charge < -0.3 is 9.47 Å². The summed E-state index contributed by atoms with van der Waals surface area (Å²) >= 11 is 0. The van der Waals surface area contributed by atoms with Crippen LogP contribution in [0, 0.1) is 0 Å². The van der Waals surface area contributed by atoms with Gasteiger partial charge >= 0.3 is 11.9 Å². The number of hydrogen-bond donors (Lipinski definition) is 1. The minimum Gasteiger partial charge on any atom is -0.460 e. The zero-order valence-corrected chi connectivity index (χ0v) is 17.3. The van der Waals surface area contributed by atoms with Gasteiger partial charge in [-0.25, -0.2) is 0 Å². The molecule has 0 saturated heterocycles. The highest BCUT2D eigenvalue weighted by molar-refractivity contribution is 5.79. The van der Waals surface area contributed by atoms with Gasteiger partial charge in [0.15, 0.2) is 0 Å². The van der Waals surface area contributed by atoms with E-state index in [0.29, 0.717) is 12.8 Å². The number of carbonyl (C=O) groups is 2. The van der Waals surface area contributed by atoms with E-state index in [1.165, 1.54) is 0 Å². The zero-order valence-electron chi connectivity index (χ0n) is 17.3. The second kappa shape index (κ2) is 12.7. The Balaban J connectivity index is 1.93. The SMILES string of the molecule is CCCC(NC(CCC)C(=O)OCc1ccccc1)C(=O)OCc1ccccc1. The molecular formula is C24H31NO4. The maximum Gasteiger partial charge on any atom is 0.323 e. The first-order chi connectivity index (χ1) is 14.1. The summed E-state index contributed by atoms with van der Waals surface area (Å²) in [5.74, 6) is -0.680. The molecule has 156 valence electrons. The number of esters is 2. The molecule has 29 heavy (non-hydrogen) atoms. The molecule has 2 aromatic carbocycles. The van der Waals surface area contributed by atoms with Crippen molar-refractivity contribution in [3.05, 3.63) is 71.8 Å². The van der Waals surface area contributed by atoms with Crippen LogP contribution in [-0.4, -0.2) is 24.0 Å². The van der Waals surface area contributed by atoms with Crippen molar-refractivity contribution < 1.29 is 19.1 Å². The average Bonchev–Trinajstić information content (AvgIpc) is 2.76. The molecule has 2 aromatic rings. The topological polar surface area (TPSA) is 64.6 Å². The Morgan fingerprint density at radius 2 is 1.10 bits per heavy atom. The molecule has 0 heterocycles. The summed E-state index contributed by atoms with van der Waals surface area (Å²) in [6.07, 6.45) is 2.80. The quantitative estimate of drug-likeness (QED) is 0.538. The molecule has 0 aliphatic rings. The molecule has 0 amide bonds. The summed E-state index contributed by atoms with van der Waals surface area (Å²) in [7, 11) is 0. The van der Waals surface area contributed by atoms with Gasteiger partial charge in [0.05, 0.1) is 0 Å². The maximum atomic E-state index is 12.6. The molecule has 0 aliphatic carbocycles. The fraction of sp³-hybridized carbons (Fsp3) is 0.417. The van der Waals surface area contributed by atoms with Crippen molar-refractivity contribution in [2.75, 3.05) is 0 Å². The molecule has 1 N–H and O–H groups in total.